The molecule has 0 saturated carbocycles. The first-order chi connectivity index (χ1) is 12.3. The summed E-state index contributed by atoms with van der Waals surface area (Å²) in [5, 5.41) is 2.79. The second-order valence-electron chi connectivity index (χ2n) is 6.80. The van der Waals surface area contributed by atoms with Gasteiger partial charge >= 0.3 is 6.03 Å². The molecule has 2 saturated heterocycles. The highest BCUT2D eigenvalue weighted by atomic mass is 32.2. The topological polar surface area (TPSA) is 97.0 Å². The first-order valence-corrected chi connectivity index (χ1v) is 10.1. The Hall–Kier alpha value is -1.68. The van der Waals surface area contributed by atoms with E-state index >= 15 is 0 Å². The van der Waals surface area contributed by atoms with Gasteiger partial charge in [-0.15, -0.1) is 0 Å². The number of anilines is 1. The fourth-order valence-electron chi connectivity index (χ4n) is 3.52. The normalized spacial score (nSPS) is 29.1. The molecule has 0 radical (unpaired) electrons. The summed E-state index contributed by atoms with van der Waals surface area (Å²) in [7, 11) is -2.22. The third-order valence-electron chi connectivity index (χ3n) is 4.96. The van der Waals surface area contributed by atoms with E-state index in [2.05, 4.69) is 10.0 Å². The van der Waals surface area contributed by atoms with Crippen molar-refractivity contribution in [3.63, 3.8) is 0 Å². The Morgan fingerprint density at radius 1 is 1.35 bits per heavy atom. The van der Waals surface area contributed by atoms with Gasteiger partial charge in [-0.25, -0.2) is 17.9 Å². The van der Waals surface area contributed by atoms with Crippen LogP contribution in [0.15, 0.2) is 29.2 Å². The lowest BCUT2D eigenvalue weighted by molar-refractivity contribution is -0.159. The molecule has 2 N–H and O–H groups in total. The van der Waals surface area contributed by atoms with Crippen LogP contribution in [0.25, 0.3) is 0 Å². The molecular formula is C17H25N3O5S. The molecule has 0 bridgehead atoms. The van der Waals surface area contributed by atoms with Crippen molar-refractivity contribution in [3.8, 4) is 0 Å². The predicted molar refractivity (Wildman–Crippen MR) is 96.6 cm³/mol. The highest BCUT2D eigenvalue weighted by molar-refractivity contribution is 7.89. The molecule has 1 aromatic carbocycles. The van der Waals surface area contributed by atoms with Gasteiger partial charge in [0.05, 0.1) is 23.6 Å². The number of amides is 2. The Bertz CT molecular complexity index is 784. The summed E-state index contributed by atoms with van der Waals surface area (Å²) >= 11 is 0. The standard InChI is InChI=1S/C17H25N3O5S/c1-12-10-20(11-17(25-12)7-8-24-13(17)2)16(21)19-14-5-4-6-15(9-14)26(22,23)18-3/h4-6,9,12-13,18H,7-8,10-11H2,1-3H3,(H,19,21). The van der Waals surface area contributed by atoms with Crippen LogP contribution in [0.2, 0.25) is 0 Å². The summed E-state index contributed by atoms with van der Waals surface area (Å²) in [6.07, 6.45) is 0.567. The minimum atomic E-state index is -3.57. The smallest absolute Gasteiger partial charge is 0.322 e. The van der Waals surface area contributed by atoms with E-state index in [0.29, 0.717) is 25.4 Å². The van der Waals surface area contributed by atoms with Crippen LogP contribution in [0.5, 0.6) is 0 Å². The number of carbonyl (C=O) groups is 1. The number of benzene rings is 1. The number of nitrogens with one attached hydrogen (secondary N) is 2. The van der Waals surface area contributed by atoms with Crippen LogP contribution >= 0.6 is 0 Å². The van der Waals surface area contributed by atoms with E-state index in [0.717, 1.165) is 6.42 Å². The molecular weight excluding hydrogens is 358 g/mol. The maximum atomic E-state index is 12.7. The number of nitrogens with zero attached hydrogens (tertiary/aromatic N) is 1. The number of ether oxygens (including phenoxy) is 2. The van der Waals surface area contributed by atoms with Crippen LogP contribution in [0.4, 0.5) is 10.5 Å². The number of morpholine rings is 1. The van der Waals surface area contributed by atoms with E-state index in [1.807, 2.05) is 13.8 Å². The maximum Gasteiger partial charge on any atom is 0.322 e. The molecule has 1 aromatic rings. The zero-order valence-corrected chi connectivity index (χ0v) is 16.0. The molecule has 0 aliphatic carbocycles. The summed E-state index contributed by atoms with van der Waals surface area (Å²) in [6.45, 7) is 5.43. The molecule has 144 valence electrons. The SMILES string of the molecule is CNS(=O)(=O)c1cccc(NC(=O)N2CC(C)OC3(CCOC3C)C2)c1. The van der Waals surface area contributed by atoms with E-state index in [1.165, 1.54) is 19.2 Å². The molecule has 3 rings (SSSR count). The van der Waals surface area contributed by atoms with Crippen molar-refractivity contribution in [2.45, 2.75) is 43.0 Å². The molecule has 2 fully saturated rings. The van der Waals surface area contributed by atoms with Crippen LogP contribution in [0.1, 0.15) is 20.3 Å². The number of sulfonamides is 1. The van der Waals surface area contributed by atoms with E-state index in [-0.39, 0.29) is 23.1 Å². The molecule has 2 heterocycles. The van der Waals surface area contributed by atoms with E-state index in [9.17, 15) is 13.2 Å². The Balaban J connectivity index is 1.75. The summed E-state index contributed by atoms with van der Waals surface area (Å²) in [4.78, 5) is 14.6. The largest absolute Gasteiger partial charge is 0.375 e. The maximum absolute atomic E-state index is 12.7. The summed E-state index contributed by atoms with van der Waals surface area (Å²) in [5.41, 5.74) is -0.0537. The van der Waals surface area contributed by atoms with E-state index < -0.39 is 15.6 Å². The molecule has 3 atom stereocenters. The molecule has 2 aliphatic heterocycles. The first-order valence-electron chi connectivity index (χ1n) is 8.65. The van der Waals surface area contributed by atoms with Crippen LogP contribution in [-0.2, 0) is 19.5 Å². The Morgan fingerprint density at radius 2 is 2.12 bits per heavy atom. The Kier molecular flexibility index (Phi) is 5.25. The van der Waals surface area contributed by atoms with Crippen LogP contribution in [-0.4, -0.2) is 63.9 Å². The Morgan fingerprint density at radius 3 is 2.77 bits per heavy atom. The molecule has 1 spiro atoms. The number of rotatable bonds is 3. The van der Waals surface area contributed by atoms with Gasteiger partial charge in [-0.05, 0) is 39.1 Å². The first kappa shape index (κ1) is 19.1. The van der Waals surface area contributed by atoms with Crippen molar-refractivity contribution in [3.05, 3.63) is 24.3 Å². The van der Waals surface area contributed by atoms with Gasteiger partial charge in [0.1, 0.15) is 5.60 Å². The predicted octanol–water partition coefficient (Wildman–Crippen LogP) is 1.39. The van der Waals surface area contributed by atoms with Gasteiger partial charge in [0.2, 0.25) is 10.0 Å². The lowest BCUT2D eigenvalue weighted by Crippen LogP contribution is -2.60. The number of urea groups is 1. The van der Waals surface area contributed by atoms with E-state index in [4.69, 9.17) is 9.47 Å². The van der Waals surface area contributed by atoms with Crippen molar-refractivity contribution < 1.29 is 22.7 Å². The monoisotopic (exact) mass is 383 g/mol. The van der Waals surface area contributed by atoms with Crippen molar-refractivity contribution in [2.75, 3.05) is 32.1 Å². The number of hydrogen-bond acceptors (Lipinski definition) is 5. The zero-order chi connectivity index (χ0) is 18.9. The molecule has 26 heavy (non-hydrogen) atoms. The van der Waals surface area contributed by atoms with Gasteiger partial charge in [-0.3, -0.25) is 0 Å². The summed E-state index contributed by atoms with van der Waals surface area (Å²) in [5.74, 6) is 0. The lowest BCUT2D eigenvalue weighted by atomic mass is 9.93. The third kappa shape index (κ3) is 3.71. The second-order valence-corrected chi connectivity index (χ2v) is 8.69. The number of carbonyl (C=O) groups excluding carboxylic acids is 1. The van der Waals surface area contributed by atoms with Gasteiger partial charge in [0, 0.05) is 25.3 Å². The van der Waals surface area contributed by atoms with Gasteiger partial charge in [-0.1, -0.05) is 6.07 Å². The average Bonchev–Trinajstić information content (AvgIpc) is 2.94. The van der Waals surface area contributed by atoms with Crippen LogP contribution in [0, 0.1) is 0 Å². The lowest BCUT2D eigenvalue weighted by Gasteiger charge is -2.44. The quantitative estimate of drug-likeness (QED) is 0.822. The van der Waals surface area contributed by atoms with Gasteiger partial charge in [0.25, 0.3) is 0 Å². The average molecular weight is 383 g/mol. The van der Waals surface area contributed by atoms with Gasteiger partial charge in [0.15, 0.2) is 0 Å². The van der Waals surface area contributed by atoms with Crippen molar-refractivity contribution in [2.24, 2.45) is 0 Å². The van der Waals surface area contributed by atoms with Crippen LogP contribution in [0.3, 0.4) is 0 Å². The van der Waals surface area contributed by atoms with Gasteiger partial charge < -0.3 is 19.7 Å². The Labute approximate surface area is 153 Å². The molecule has 8 nitrogen and oxygen atoms in total. The number of hydrogen-bond donors (Lipinski definition) is 2. The third-order valence-corrected chi connectivity index (χ3v) is 6.37. The van der Waals surface area contributed by atoms with E-state index in [1.54, 1.807) is 17.0 Å². The molecule has 9 heteroatoms. The summed E-state index contributed by atoms with van der Waals surface area (Å²) in [6, 6.07) is 5.89. The highest BCUT2D eigenvalue weighted by Crippen LogP contribution is 2.35. The van der Waals surface area contributed by atoms with Crippen molar-refractivity contribution >= 4 is 21.7 Å². The van der Waals surface area contributed by atoms with Crippen molar-refractivity contribution in [1.82, 2.24) is 9.62 Å². The van der Waals surface area contributed by atoms with Crippen molar-refractivity contribution in [1.29, 1.82) is 0 Å². The molecule has 3 unspecified atom stereocenters. The fourth-order valence-corrected chi connectivity index (χ4v) is 4.29. The molecule has 0 aromatic heterocycles. The minimum Gasteiger partial charge on any atom is -0.375 e. The fraction of sp³-hybridized carbons (Fsp3) is 0.588. The highest BCUT2D eigenvalue weighted by Gasteiger charge is 2.48. The zero-order valence-electron chi connectivity index (χ0n) is 15.2. The van der Waals surface area contributed by atoms with Gasteiger partial charge in [-0.2, -0.15) is 0 Å². The second kappa shape index (κ2) is 7.15. The van der Waals surface area contributed by atoms with Crippen LogP contribution < -0.4 is 10.0 Å². The minimum absolute atomic E-state index is 0.0790. The molecule has 2 aliphatic rings. The summed E-state index contributed by atoms with van der Waals surface area (Å²) < 4.78 is 37.9. The molecule has 2 amide bonds.